The Morgan fingerprint density at radius 3 is 1.94 bits per heavy atom. The van der Waals surface area contributed by atoms with E-state index in [-0.39, 0.29) is 0 Å². The van der Waals surface area contributed by atoms with Crippen molar-refractivity contribution in [3.05, 3.63) is 69.8 Å². The van der Waals surface area contributed by atoms with E-state index in [0.29, 0.717) is 0 Å². The normalized spacial score (nSPS) is 10.7. The average molecular weight is 238 g/mol. The van der Waals surface area contributed by atoms with Gasteiger partial charge in [-0.05, 0) is 57.2 Å². The molecule has 0 nitrogen and oxygen atoms in total. The Labute approximate surface area is 111 Å². The van der Waals surface area contributed by atoms with Crippen LogP contribution in [-0.4, -0.2) is 0 Å². The first-order chi connectivity index (χ1) is 8.54. The summed E-state index contributed by atoms with van der Waals surface area (Å²) in [5.74, 6) is 0. The van der Waals surface area contributed by atoms with Crippen molar-refractivity contribution in [2.24, 2.45) is 0 Å². The quantitative estimate of drug-likeness (QED) is 0.726. The zero-order valence-electron chi connectivity index (χ0n) is 11.9. The van der Waals surface area contributed by atoms with Crippen LogP contribution in [-0.2, 0) is 12.8 Å². The fourth-order valence-electron chi connectivity index (χ4n) is 2.62. The lowest BCUT2D eigenvalue weighted by atomic mass is 9.97. The van der Waals surface area contributed by atoms with E-state index in [2.05, 4.69) is 64.1 Å². The van der Waals surface area contributed by atoms with Crippen LogP contribution in [0.1, 0.15) is 33.4 Å². The molecule has 0 bridgehead atoms. The molecule has 0 atom stereocenters. The van der Waals surface area contributed by atoms with Gasteiger partial charge in [-0.2, -0.15) is 0 Å². The van der Waals surface area contributed by atoms with Gasteiger partial charge in [0, 0.05) is 0 Å². The van der Waals surface area contributed by atoms with Gasteiger partial charge in [0.05, 0.1) is 0 Å². The van der Waals surface area contributed by atoms with Crippen LogP contribution in [0.2, 0.25) is 0 Å². The van der Waals surface area contributed by atoms with Crippen LogP contribution in [0.5, 0.6) is 0 Å². The highest BCUT2D eigenvalue weighted by molar-refractivity contribution is 5.33. The predicted molar refractivity (Wildman–Crippen MR) is 79.2 cm³/mol. The lowest BCUT2D eigenvalue weighted by Gasteiger charge is -2.08. The maximum atomic E-state index is 2.30. The SMILES string of the molecule is Cc1cc(C)cc(CCc2ccc(C)cc2C)c1. The lowest BCUT2D eigenvalue weighted by Crippen LogP contribution is -1.95. The molecule has 0 aliphatic rings. The maximum absolute atomic E-state index is 2.30. The van der Waals surface area contributed by atoms with Gasteiger partial charge in [-0.3, -0.25) is 0 Å². The van der Waals surface area contributed by atoms with E-state index in [9.17, 15) is 0 Å². The minimum absolute atomic E-state index is 1.13. The Bertz CT molecular complexity index is 530. The Hall–Kier alpha value is -1.56. The van der Waals surface area contributed by atoms with Gasteiger partial charge in [-0.1, -0.05) is 53.1 Å². The second-order valence-electron chi connectivity index (χ2n) is 5.43. The number of aryl methyl sites for hydroxylation is 6. The molecule has 2 aromatic carbocycles. The van der Waals surface area contributed by atoms with Gasteiger partial charge < -0.3 is 0 Å². The van der Waals surface area contributed by atoms with Crippen molar-refractivity contribution in [1.29, 1.82) is 0 Å². The maximum Gasteiger partial charge on any atom is -0.0236 e. The van der Waals surface area contributed by atoms with Crippen molar-refractivity contribution in [2.75, 3.05) is 0 Å². The third kappa shape index (κ3) is 3.22. The summed E-state index contributed by atoms with van der Waals surface area (Å²) in [6, 6.07) is 13.6. The topological polar surface area (TPSA) is 0 Å². The molecule has 2 rings (SSSR count). The van der Waals surface area contributed by atoms with Crippen molar-refractivity contribution < 1.29 is 0 Å². The highest BCUT2D eigenvalue weighted by Crippen LogP contribution is 2.15. The summed E-state index contributed by atoms with van der Waals surface area (Å²) in [7, 11) is 0. The molecule has 0 spiro atoms. The third-order valence-electron chi connectivity index (χ3n) is 3.46. The number of hydrogen-bond acceptors (Lipinski definition) is 0. The molecule has 0 fully saturated rings. The molecule has 0 heteroatoms. The third-order valence-corrected chi connectivity index (χ3v) is 3.46. The second kappa shape index (κ2) is 5.39. The summed E-state index contributed by atoms with van der Waals surface area (Å²) in [6.07, 6.45) is 2.27. The molecule has 0 saturated heterocycles. The first kappa shape index (κ1) is 12.9. The fraction of sp³-hybridized carbons (Fsp3) is 0.333. The van der Waals surface area contributed by atoms with Crippen molar-refractivity contribution >= 4 is 0 Å². The lowest BCUT2D eigenvalue weighted by molar-refractivity contribution is 0.944. The van der Waals surface area contributed by atoms with E-state index in [4.69, 9.17) is 0 Å². The van der Waals surface area contributed by atoms with Gasteiger partial charge in [0.15, 0.2) is 0 Å². The van der Waals surface area contributed by atoms with Crippen LogP contribution in [0.3, 0.4) is 0 Å². The van der Waals surface area contributed by atoms with Gasteiger partial charge in [0.1, 0.15) is 0 Å². The molecule has 0 aromatic heterocycles. The Morgan fingerprint density at radius 1 is 0.667 bits per heavy atom. The highest BCUT2D eigenvalue weighted by atomic mass is 14.1. The van der Waals surface area contributed by atoms with E-state index < -0.39 is 0 Å². The molecular formula is C18H22. The minimum Gasteiger partial charge on any atom is -0.0590 e. The van der Waals surface area contributed by atoms with Crippen LogP contribution < -0.4 is 0 Å². The predicted octanol–water partition coefficient (Wildman–Crippen LogP) is 4.71. The summed E-state index contributed by atoms with van der Waals surface area (Å²) in [6.45, 7) is 8.71. The van der Waals surface area contributed by atoms with Gasteiger partial charge in [0.25, 0.3) is 0 Å². The second-order valence-corrected chi connectivity index (χ2v) is 5.43. The summed E-state index contributed by atoms with van der Waals surface area (Å²) in [5.41, 5.74) is 8.42. The Morgan fingerprint density at radius 2 is 1.33 bits per heavy atom. The van der Waals surface area contributed by atoms with Crippen molar-refractivity contribution in [2.45, 2.75) is 40.5 Å². The number of benzene rings is 2. The first-order valence-electron chi connectivity index (χ1n) is 6.68. The van der Waals surface area contributed by atoms with E-state index in [1.165, 1.54) is 33.4 Å². The molecule has 0 amide bonds. The van der Waals surface area contributed by atoms with E-state index in [1.807, 2.05) is 0 Å². The minimum atomic E-state index is 1.13. The van der Waals surface area contributed by atoms with Crippen LogP contribution in [0.15, 0.2) is 36.4 Å². The molecule has 0 aliphatic carbocycles. The molecule has 0 saturated carbocycles. The molecule has 18 heavy (non-hydrogen) atoms. The van der Waals surface area contributed by atoms with Gasteiger partial charge in [-0.25, -0.2) is 0 Å². The molecule has 0 N–H and O–H groups in total. The zero-order chi connectivity index (χ0) is 13.1. The van der Waals surface area contributed by atoms with Crippen molar-refractivity contribution in [3.8, 4) is 0 Å². The molecule has 0 aliphatic heterocycles. The number of rotatable bonds is 3. The Kier molecular flexibility index (Phi) is 3.86. The number of hydrogen-bond donors (Lipinski definition) is 0. The molecule has 0 unspecified atom stereocenters. The fourth-order valence-corrected chi connectivity index (χ4v) is 2.62. The largest absolute Gasteiger partial charge is 0.0590 e. The molecule has 0 radical (unpaired) electrons. The standard InChI is InChI=1S/C18H22/c1-13-5-7-18(16(4)10-13)8-6-17-11-14(2)9-15(3)12-17/h5,7,9-12H,6,8H2,1-4H3. The smallest absolute Gasteiger partial charge is 0.0236 e. The van der Waals surface area contributed by atoms with Crippen molar-refractivity contribution in [1.82, 2.24) is 0 Å². The van der Waals surface area contributed by atoms with E-state index >= 15 is 0 Å². The highest BCUT2D eigenvalue weighted by Gasteiger charge is 2.01. The summed E-state index contributed by atoms with van der Waals surface area (Å²) < 4.78 is 0. The van der Waals surface area contributed by atoms with Crippen molar-refractivity contribution in [3.63, 3.8) is 0 Å². The van der Waals surface area contributed by atoms with Gasteiger partial charge in [0.2, 0.25) is 0 Å². The molecule has 94 valence electrons. The van der Waals surface area contributed by atoms with Crippen LogP contribution >= 0.6 is 0 Å². The van der Waals surface area contributed by atoms with Gasteiger partial charge >= 0.3 is 0 Å². The van der Waals surface area contributed by atoms with Crippen LogP contribution in [0, 0.1) is 27.7 Å². The zero-order valence-corrected chi connectivity index (χ0v) is 11.9. The van der Waals surface area contributed by atoms with E-state index in [1.54, 1.807) is 0 Å². The van der Waals surface area contributed by atoms with E-state index in [0.717, 1.165) is 12.8 Å². The molecule has 0 heterocycles. The Balaban J connectivity index is 2.11. The summed E-state index contributed by atoms with van der Waals surface area (Å²) >= 11 is 0. The summed E-state index contributed by atoms with van der Waals surface area (Å²) in [5, 5.41) is 0. The summed E-state index contributed by atoms with van der Waals surface area (Å²) in [4.78, 5) is 0. The van der Waals surface area contributed by atoms with Crippen LogP contribution in [0.4, 0.5) is 0 Å². The molecule has 2 aromatic rings. The molecular weight excluding hydrogens is 216 g/mol. The van der Waals surface area contributed by atoms with Crippen LogP contribution in [0.25, 0.3) is 0 Å². The monoisotopic (exact) mass is 238 g/mol. The average Bonchev–Trinajstić information content (AvgIpc) is 2.26. The first-order valence-corrected chi connectivity index (χ1v) is 6.68. The van der Waals surface area contributed by atoms with Gasteiger partial charge in [-0.15, -0.1) is 0 Å².